The average Bonchev–Trinajstić information content (AvgIpc) is 2.69. The molecular weight excluding hydrogens is 182 g/mol. The number of hydrogen-bond donors (Lipinski definition) is 0. The van der Waals surface area contributed by atoms with Gasteiger partial charge in [0.05, 0.1) is 12.0 Å². The molecule has 1 aromatic rings. The lowest BCUT2D eigenvalue weighted by molar-refractivity contribution is 0.0775. The minimum atomic E-state index is -0.235. The molecule has 1 aromatic heterocycles. The Balaban J connectivity index is 2.59. The first-order valence-corrected chi connectivity index (χ1v) is 4.20. The third-order valence-corrected chi connectivity index (χ3v) is 1.77. The molecule has 74 valence electrons. The number of hydrogen-bond acceptors (Lipinski definition) is 4. The highest BCUT2D eigenvalue weighted by Gasteiger charge is 2.16. The summed E-state index contributed by atoms with van der Waals surface area (Å²) >= 11 is 0. The molecule has 0 aliphatic rings. The SMILES string of the molecule is CC(C#N)CN(C)C(=O)c1ccon1. The van der Waals surface area contributed by atoms with Crippen molar-refractivity contribution in [1.29, 1.82) is 5.26 Å². The molecule has 0 aromatic carbocycles. The lowest BCUT2D eigenvalue weighted by atomic mass is 10.2. The third-order valence-electron chi connectivity index (χ3n) is 1.77. The van der Waals surface area contributed by atoms with E-state index in [1.807, 2.05) is 0 Å². The van der Waals surface area contributed by atoms with Gasteiger partial charge in [-0.15, -0.1) is 0 Å². The van der Waals surface area contributed by atoms with Crippen LogP contribution in [0.4, 0.5) is 0 Å². The standard InChI is InChI=1S/C9H11N3O2/c1-7(5-10)6-12(2)9(13)8-3-4-14-11-8/h3-4,7H,6H2,1-2H3. The molecule has 0 saturated carbocycles. The fourth-order valence-corrected chi connectivity index (χ4v) is 1.05. The largest absolute Gasteiger partial charge is 0.364 e. The summed E-state index contributed by atoms with van der Waals surface area (Å²) in [5.41, 5.74) is 0.262. The molecule has 0 bridgehead atoms. The zero-order chi connectivity index (χ0) is 10.6. The van der Waals surface area contributed by atoms with Crippen molar-refractivity contribution in [1.82, 2.24) is 10.1 Å². The maximum Gasteiger partial charge on any atom is 0.275 e. The molecular formula is C9H11N3O2. The molecule has 1 atom stereocenters. The van der Waals surface area contributed by atoms with Gasteiger partial charge in [0.1, 0.15) is 6.26 Å². The zero-order valence-electron chi connectivity index (χ0n) is 8.10. The topological polar surface area (TPSA) is 70.1 Å². The van der Waals surface area contributed by atoms with Crippen molar-refractivity contribution in [3.63, 3.8) is 0 Å². The highest BCUT2D eigenvalue weighted by molar-refractivity contribution is 5.91. The van der Waals surface area contributed by atoms with Crippen molar-refractivity contribution in [3.8, 4) is 6.07 Å². The van der Waals surface area contributed by atoms with E-state index in [1.165, 1.54) is 17.2 Å². The second-order valence-electron chi connectivity index (χ2n) is 3.10. The number of aromatic nitrogens is 1. The van der Waals surface area contributed by atoms with Crippen LogP contribution in [0.1, 0.15) is 17.4 Å². The summed E-state index contributed by atoms with van der Waals surface area (Å²) in [7, 11) is 1.63. The molecule has 0 radical (unpaired) electrons. The Kier molecular flexibility index (Phi) is 3.24. The Hall–Kier alpha value is -1.83. The first kappa shape index (κ1) is 10.3. The van der Waals surface area contributed by atoms with Gasteiger partial charge >= 0.3 is 0 Å². The summed E-state index contributed by atoms with van der Waals surface area (Å²) in [5, 5.41) is 12.1. The summed E-state index contributed by atoms with van der Waals surface area (Å²) in [4.78, 5) is 13.0. The predicted molar refractivity (Wildman–Crippen MR) is 48.2 cm³/mol. The minimum Gasteiger partial charge on any atom is -0.364 e. The van der Waals surface area contributed by atoms with Crippen LogP contribution in [0.15, 0.2) is 16.9 Å². The first-order valence-electron chi connectivity index (χ1n) is 4.20. The number of nitriles is 1. The average molecular weight is 193 g/mol. The molecule has 1 unspecified atom stereocenters. The van der Waals surface area contributed by atoms with Gasteiger partial charge in [0, 0.05) is 19.7 Å². The van der Waals surface area contributed by atoms with Crippen molar-refractivity contribution >= 4 is 5.91 Å². The van der Waals surface area contributed by atoms with Crippen molar-refractivity contribution in [2.24, 2.45) is 5.92 Å². The van der Waals surface area contributed by atoms with Crippen LogP contribution >= 0.6 is 0 Å². The number of carbonyl (C=O) groups excluding carboxylic acids is 1. The van der Waals surface area contributed by atoms with E-state index in [0.717, 1.165) is 0 Å². The van der Waals surface area contributed by atoms with Gasteiger partial charge in [0.15, 0.2) is 5.69 Å². The molecule has 5 heteroatoms. The smallest absolute Gasteiger partial charge is 0.275 e. The van der Waals surface area contributed by atoms with Crippen LogP contribution in [-0.4, -0.2) is 29.6 Å². The second kappa shape index (κ2) is 4.42. The van der Waals surface area contributed by atoms with E-state index < -0.39 is 0 Å². The second-order valence-corrected chi connectivity index (χ2v) is 3.10. The first-order chi connectivity index (χ1) is 6.65. The summed E-state index contributed by atoms with van der Waals surface area (Å²) < 4.78 is 4.55. The van der Waals surface area contributed by atoms with Crippen LogP contribution in [0.3, 0.4) is 0 Å². The van der Waals surface area contributed by atoms with Gasteiger partial charge in [0.25, 0.3) is 5.91 Å². The maximum absolute atomic E-state index is 11.6. The van der Waals surface area contributed by atoms with Crippen molar-refractivity contribution in [2.45, 2.75) is 6.92 Å². The molecule has 14 heavy (non-hydrogen) atoms. The predicted octanol–water partition coefficient (Wildman–Crippen LogP) is 0.906. The number of nitrogens with zero attached hydrogens (tertiary/aromatic N) is 3. The van der Waals surface area contributed by atoms with Gasteiger partial charge < -0.3 is 9.42 Å². The van der Waals surface area contributed by atoms with E-state index >= 15 is 0 Å². The molecule has 0 fully saturated rings. The monoisotopic (exact) mass is 193 g/mol. The third kappa shape index (κ3) is 2.33. The van der Waals surface area contributed by atoms with Crippen LogP contribution in [0.5, 0.6) is 0 Å². The molecule has 5 nitrogen and oxygen atoms in total. The lowest BCUT2D eigenvalue weighted by Crippen LogP contribution is -2.30. The van der Waals surface area contributed by atoms with Crippen LogP contribution in [0.2, 0.25) is 0 Å². The van der Waals surface area contributed by atoms with E-state index in [0.29, 0.717) is 6.54 Å². The summed E-state index contributed by atoms with van der Waals surface area (Å²) in [5.74, 6) is -0.420. The highest BCUT2D eigenvalue weighted by Crippen LogP contribution is 2.03. The summed E-state index contributed by atoms with van der Waals surface area (Å²) in [6.07, 6.45) is 1.34. The molecule has 0 aliphatic carbocycles. The van der Waals surface area contributed by atoms with Crippen molar-refractivity contribution < 1.29 is 9.32 Å². The van der Waals surface area contributed by atoms with Crippen LogP contribution < -0.4 is 0 Å². The van der Waals surface area contributed by atoms with E-state index in [-0.39, 0.29) is 17.5 Å². The molecule has 0 aliphatic heterocycles. The Morgan fingerprint density at radius 1 is 1.86 bits per heavy atom. The van der Waals surface area contributed by atoms with E-state index in [9.17, 15) is 4.79 Å². The highest BCUT2D eigenvalue weighted by atomic mass is 16.5. The minimum absolute atomic E-state index is 0.184. The Bertz CT molecular complexity index is 339. The van der Waals surface area contributed by atoms with E-state index in [4.69, 9.17) is 5.26 Å². The molecule has 0 saturated heterocycles. The lowest BCUT2D eigenvalue weighted by Gasteiger charge is -2.16. The fourth-order valence-electron chi connectivity index (χ4n) is 1.05. The Labute approximate surface area is 81.9 Å². The number of rotatable bonds is 3. The molecule has 1 heterocycles. The van der Waals surface area contributed by atoms with E-state index in [1.54, 1.807) is 14.0 Å². The van der Waals surface area contributed by atoms with Gasteiger partial charge in [-0.3, -0.25) is 4.79 Å². The van der Waals surface area contributed by atoms with Gasteiger partial charge in [-0.25, -0.2) is 0 Å². The van der Waals surface area contributed by atoms with Crippen LogP contribution in [-0.2, 0) is 0 Å². The van der Waals surface area contributed by atoms with Crippen molar-refractivity contribution in [3.05, 3.63) is 18.0 Å². The van der Waals surface area contributed by atoms with Gasteiger partial charge in [-0.2, -0.15) is 5.26 Å². The molecule has 0 spiro atoms. The summed E-state index contributed by atoms with van der Waals surface area (Å²) in [6, 6.07) is 3.55. The maximum atomic E-state index is 11.6. The van der Waals surface area contributed by atoms with Crippen LogP contribution in [0.25, 0.3) is 0 Å². The Morgan fingerprint density at radius 2 is 2.57 bits per heavy atom. The van der Waals surface area contributed by atoms with Gasteiger partial charge in [0.2, 0.25) is 0 Å². The summed E-state index contributed by atoms with van der Waals surface area (Å²) in [6.45, 7) is 2.15. The van der Waals surface area contributed by atoms with Gasteiger partial charge in [-0.1, -0.05) is 5.16 Å². The van der Waals surface area contributed by atoms with E-state index in [2.05, 4.69) is 15.7 Å². The molecule has 1 amide bonds. The van der Waals surface area contributed by atoms with Gasteiger partial charge in [-0.05, 0) is 6.92 Å². The molecule has 1 rings (SSSR count). The number of carbonyl (C=O) groups is 1. The van der Waals surface area contributed by atoms with Crippen molar-refractivity contribution in [2.75, 3.05) is 13.6 Å². The Morgan fingerprint density at radius 3 is 3.07 bits per heavy atom. The molecule has 0 N–H and O–H groups in total. The van der Waals surface area contributed by atoms with Crippen LogP contribution in [0, 0.1) is 17.2 Å². The fraction of sp³-hybridized carbons (Fsp3) is 0.444. The normalized spacial score (nSPS) is 11.8. The quantitative estimate of drug-likeness (QED) is 0.715. The number of amides is 1. The zero-order valence-corrected chi connectivity index (χ0v) is 8.10.